The number of rotatable bonds is 4. The molecule has 0 aromatic heterocycles. The van der Waals surface area contributed by atoms with Crippen LogP contribution in [0.4, 0.5) is 5.69 Å². The van der Waals surface area contributed by atoms with E-state index in [0.717, 1.165) is 12.1 Å². The molecule has 6 nitrogen and oxygen atoms in total. The molecule has 0 bridgehead atoms. The van der Waals surface area contributed by atoms with Crippen molar-refractivity contribution in [1.29, 1.82) is 0 Å². The maximum Gasteiger partial charge on any atom is 0.289 e. The average Bonchev–Trinajstić information content (AvgIpc) is 2.26. The molecule has 7 heteroatoms. The Kier molecular flexibility index (Phi) is 4.06. The number of sulfonamides is 1. The second-order valence-electron chi connectivity index (χ2n) is 3.86. The zero-order chi connectivity index (χ0) is 13.9. The lowest BCUT2D eigenvalue weighted by atomic mass is 10.2. The second kappa shape index (κ2) is 5.16. The monoisotopic (exact) mass is 268 g/mol. The molecule has 0 amide bonds. The van der Waals surface area contributed by atoms with Crippen LogP contribution in [0.3, 0.4) is 0 Å². The number of nitrogens with one attached hydrogen (secondary N) is 1. The van der Waals surface area contributed by atoms with Gasteiger partial charge in [-0.3, -0.25) is 10.1 Å². The van der Waals surface area contributed by atoms with Crippen molar-refractivity contribution in [2.75, 3.05) is 0 Å². The summed E-state index contributed by atoms with van der Waals surface area (Å²) < 4.78 is 26.2. The van der Waals surface area contributed by atoms with Crippen LogP contribution in [0.5, 0.6) is 0 Å². The van der Waals surface area contributed by atoms with E-state index in [2.05, 4.69) is 10.6 Å². The Bertz CT molecular complexity index is 614. The van der Waals surface area contributed by atoms with Crippen LogP contribution in [0.15, 0.2) is 23.1 Å². The normalized spacial score (nSPS) is 11.2. The number of benzene rings is 1. The van der Waals surface area contributed by atoms with Gasteiger partial charge in [-0.25, -0.2) is 13.1 Å². The van der Waals surface area contributed by atoms with Crippen LogP contribution < -0.4 is 4.72 Å². The van der Waals surface area contributed by atoms with Gasteiger partial charge in [-0.05, 0) is 26.0 Å². The predicted molar refractivity (Wildman–Crippen MR) is 66.5 cm³/mol. The number of hydrogen-bond acceptors (Lipinski definition) is 4. The van der Waals surface area contributed by atoms with Crippen molar-refractivity contribution in [3.63, 3.8) is 0 Å². The molecule has 0 radical (unpaired) electrons. The molecule has 18 heavy (non-hydrogen) atoms. The Labute approximate surface area is 105 Å². The van der Waals surface area contributed by atoms with Gasteiger partial charge < -0.3 is 0 Å². The fourth-order valence-electron chi connectivity index (χ4n) is 1.34. The maximum atomic E-state index is 12.0. The maximum absolute atomic E-state index is 12.0. The predicted octanol–water partition coefficient (Wildman–Crippen LogP) is 1.26. The summed E-state index contributed by atoms with van der Waals surface area (Å²) in [5, 5.41) is 10.8. The van der Waals surface area contributed by atoms with Crippen LogP contribution in [0.25, 0.3) is 0 Å². The first kappa shape index (κ1) is 14.2. The molecule has 0 fully saturated rings. The van der Waals surface area contributed by atoms with Crippen LogP contribution in [0.1, 0.15) is 19.4 Å². The van der Waals surface area contributed by atoms with Crippen molar-refractivity contribution in [1.82, 2.24) is 4.72 Å². The van der Waals surface area contributed by atoms with Gasteiger partial charge in [0, 0.05) is 17.7 Å². The van der Waals surface area contributed by atoms with Crippen LogP contribution in [0.2, 0.25) is 0 Å². The molecule has 1 aromatic rings. The minimum Gasteiger partial charge on any atom is -0.258 e. The fraction of sp³-hybridized carbons (Fsp3) is 0.273. The lowest BCUT2D eigenvalue weighted by Crippen LogP contribution is -2.30. The van der Waals surface area contributed by atoms with E-state index in [1.54, 1.807) is 13.8 Å². The third-order valence-corrected chi connectivity index (χ3v) is 3.69. The number of hydrogen-bond donors (Lipinski definition) is 1. The van der Waals surface area contributed by atoms with E-state index in [9.17, 15) is 18.5 Å². The lowest BCUT2D eigenvalue weighted by Gasteiger charge is -2.10. The molecule has 0 atom stereocenters. The van der Waals surface area contributed by atoms with Crippen molar-refractivity contribution in [3.05, 3.63) is 33.9 Å². The first-order valence-electron chi connectivity index (χ1n) is 5.05. The first-order valence-corrected chi connectivity index (χ1v) is 6.53. The lowest BCUT2D eigenvalue weighted by molar-refractivity contribution is -0.387. The number of nitro benzene ring substituents is 1. The summed E-state index contributed by atoms with van der Waals surface area (Å²) in [4.78, 5) is 9.64. The summed E-state index contributed by atoms with van der Waals surface area (Å²) >= 11 is 0. The van der Waals surface area contributed by atoms with Crippen molar-refractivity contribution in [3.8, 4) is 12.3 Å². The topological polar surface area (TPSA) is 89.3 Å². The molecule has 0 saturated carbocycles. The van der Waals surface area contributed by atoms with E-state index < -0.39 is 25.5 Å². The van der Waals surface area contributed by atoms with Gasteiger partial charge in [0.2, 0.25) is 10.0 Å². The van der Waals surface area contributed by atoms with Gasteiger partial charge in [-0.2, -0.15) is 0 Å². The van der Waals surface area contributed by atoms with Crippen LogP contribution >= 0.6 is 0 Å². The highest BCUT2D eigenvalue weighted by molar-refractivity contribution is 7.89. The van der Waals surface area contributed by atoms with Crippen molar-refractivity contribution in [2.24, 2.45) is 0 Å². The van der Waals surface area contributed by atoms with Crippen LogP contribution in [-0.2, 0) is 10.0 Å². The molecule has 0 saturated heterocycles. The van der Waals surface area contributed by atoms with Crippen molar-refractivity contribution < 1.29 is 13.3 Å². The van der Waals surface area contributed by atoms with Gasteiger partial charge >= 0.3 is 0 Å². The molecule has 0 heterocycles. The molecule has 1 rings (SSSR count). The first-order chi connectivity index (χ1) is 8.27. The SMILES string of the molecule is C#Cc1ccc([N+](=O)[O-])c(S(=O)(=O)NC(C)C)c1. The Morgan fingerprint density at radius 3 is 2.50 bits per heavy atom. The molecule has 0 spiro atoms. The summed E-state index contributed by atoms with van der Waals surface area (Å²) in [6, 6.07) is 3.16. The van der Waals surface area contributed by atoms with Gasteiger partial charge in [-0.15, -0.1) is 6.42 Å². The van der Waals surface area contributed by atoms with Gasteiger partial charge in [0.15, 0.2) is 4.90 Å². The third kappa shape index (κ3) is 3.06. The molecule has 1 N–H and O–H groups in total. The van der Waals surface area contributed by atoms with Crippen molar-refractivity contribution >= 4 is 15.7 Å². The summed E-state index contributed by atoms with van der Waals surface area (Å²) in [6.07, 6.45) is 5.15. The van der Waals surface area contributed by atoms with Gasteiger partial charge in [0.1, 0.15) is 0 Å². The standard InChI is InChI=1S/C11H12N2O4S/c1-4-9-5-6-10(13(14)15)11(7-9)18(16,17)12-8(2)3/h1,5-8,12H,2-3H3. The van der Waals surface area contributed by atoms with E-state index in [4.69, 9.17) is 6.42 Å². The van der Waals surface area contributed by atoms with Gasteiger partial charge in [0.05, 0.1) is 4.92 Å². The number of terminal acetylenes is 1. The number of nitrogens with zero attached hydrogens (tertiary/aromatic N) is 1. The molecular weight excluding hydrogens is 256 g/mol. The van der Waals surface area contributed by atoms with E-state index >= 15 is 0 Å². The molecule has 0 unspecified atom stereocenters. The Morgan fingerprint density at radius 2 is 2.06 bits per heavy atom. The second-order valence-corrected chi connectivity index (χ2v) is 5.54. The van der Waals surface area contributed by atoms with E-state index in [0.29, 0.717) is 0 Å². The average molecular weight is 268 g/mol. The van der Waals surface area contributed by atoms with Crippen LogP contribution in [0, 0.1) is 22.5 Å². The van der Waals surface area contributed by atoms with E-state index in [-0.39, 0.29) is 11.6 Å². The molecule has 0 aliphatic carbocycles. The minimum atomic E-state index is -3.96. The molecule has 0 aliphatic heterocycles. The molecule has 0 aliphatic rings. The summed E-state index contributed by atoms with van der Waals surface area (Å²) in [6.45, 7) is 3.24. The largest absolute Gasteiger partial charge is 0.289 e. The zero-order valence-electron chi connectivity index (χ0n) is 9.88. The molecule has 1 aromatic carbocycles. The highest BCUT2D eigenvalue weighted by Crippen LogP contribution is 2.24. The van der Waals surface area contributed by atoms with E-state index in [1.165, 1.54) is 6.07 Å². The van der Waals surface area contributed by atoms with Gasteiger partial charge in [-0.1, -0.05) is 5.92 Å². The summed E-state index contributed by atoms with van der Waals surface area (Å²) in [7, 11) is -3.96. The smallest absolute Gasteiger partial charge is 0.258 e. The zero-order valence-corrected chi connectivity index (χ0v) is 10.7. The van der Waals surface area contributed by atoms with Crippen LogP contribution in [-0.4, -0.2) is 19.4 Å². The van der Waals surface area contributed by atoms with Gasteiger partial charge in [0.25, 0.3) is 5.69 Å². The quantitative estimate of drug-likeness (QED) is 0.506. The summed E-state index contributed by atoms with van der Waals surface area (Å²) in [5.41, 5.74) is -0.230. The highest BCUT2D eigenvalue weighted by Gasteiger charge is 2.26. The molecule has 96 valence electrons. The highest BCUT2D eigenvalue weighted by atomic mass is 32.2. The number of nitro groups is 1. The molecular formula is C11H12N2O4S. The van der Waals surface area contributed by atoms with E-state index in [1.807, 2.05) is 0 Å². The Morgan fingerprint density at radius 1 is 1.44 bits per heavy atom. The summed E-state index contributed by atoms with van der Waals surface area (Å²) in [5.74, 6) is 2.24. The Balaban J connectivity index is 3.46. The minimum absolute atomic E-state index is 0.268. The Hall–Kier alpha value is -1.91. The fourth-order valence-corrected chi connectivity index (χ4v) is 2.79. The van der Waals surface area contributed by atoms with Crippen molar-refractivity contribution in [2.45, 2.75) is 24.8 Å². The third-order valence-electron chi connectivity index (χ3n) is 2.00.